The fourth-order valence-electron chi connectivity index (χ4n) is 0.445. The molecule has 1 N–H and O–H groups in total. The van der Waals surface area contributed by atoms with Crippen LogP contribution in [-0.4, -0.2) is 11.9 Å². The third-order valence-electron chi connectivity index (χ3n) is 1.22. The van der Waals surface area contributed by atoms with Crippen LogP contribution in [0.25, 0.3) is 0 Å². The van der Waals surface area contributed by atoms with Crippen molar-refractivity contribution in [3.63, 3.8) is 0 Å². The summed E-state index contributed by atoms with van der Waals surface area (Å²) in [6.07, 6.45) is -3.12. The average molecular weight is 165 g/mol. The second-order valence-electron chi connectivity index (χ2n) is 2.20. The maximum atomic E-state index is 11.8. The summed E-state index contributed by atoms with van der Waals surface area (Å²) in [4.78, 5) is 0. The van der Waals surface area contributed by atoms with Crippen molar-refractivity contribution in [2.75, 3.05) is 0 Å². The predicted molar refractivity (Wildman–Crippen MR) is 37.8 cm³/mol. The van der Waals surface area contributed by atoms with Crippen molar-refractivity contribution < 1.29 is 13.2 Å². The molecule has 0 heterocycles. The SMILES string of the molecule is CCC(=N)/C=C(\C)C(F)(F)F. The molecule has 0 aliphatic rings. The molecule has 0 atom stereocenters. The van der Waals surface area contributed by atoms with Crippen LogP contribution in [0.2, 0.25) is 0 Å². The summed E-state index contributed by atoms with van der Waals surface area (Å²) >= 11 is 0. The maximum Gasteiger partial charge on any atom is 0.412 e. The van der Waals surface area contributed by atoms with E-state index in [2.05, 4.69) is 0 Å². The lowest BCUT2D eigenvalue weighted by Gasteiger charge is -2.05. The molecule has 64 valence electrons. The summed E-state index contributed by atoms with van der Waals surface area (Å²) in [6.45, 7) is 2.60. The number of halogens is 3. The molecule has 0 aliphatic carbocycles. The standard InChI is InChI=1S/C7H10F3N/c1-3-6(11)4-5(2)7(8,9)10/h4,11H,3H2,1-2H3/b5-4+,11-6?. The zero-order chi connectivity index (χ0) is 9.07. The molecule has 0 fully saturated rings. The first-order chi connectivity index (χ1) is 4.88. The van der Waals surface area contributed by atoms with Crippen LogP contribution in [0.3, 0.4) is 0 Å². The Bertz CT molecular complexity index is 179. The quantitative estimate of drug-likeness (QED) is 0.608. The topological polar surface area (TPSA) is 23.9 Å². The summed E-state index contributed by atoms with van der Waals surface area (Å²) in [5, 5.41) is 6.97. The molecule has 1 nitrogen and oxygen atoms in total. The minimum Gasteiger partial charge on any atom is -0.305 e. The Labute approximate surface area is 63.4 Å². The fraction of sp³-hybridized carbons (Fsp3) is 0.571. The number of nitrogens with one attached hydrogen (secondary N) is 1. The highest BCUT2D eigenvalue weighted by molar-refractivity contribution is 5.92. The van der Waals surface area contributed by atoms with Gasteiger partial charge in [-0.2, -0.15) is 13.2 Å². The summed E-state index contributed by atoms with van der Waals surface area (Å²) in [5.41, 5.74) is -0.718. The van der Waals surface area contributed by atoms with E-state index in [0.29, 0.717) is 6.42 Å². The minimum absolute atomic E-state index is 0.000162. The van der Waals surface area contributed by atoms with Crippen LogP contribution in [0.4, 0.5) is 13.2 Å². The van der Waals surface area contributed by atoms with Gasteiger partial charge < -0.3 is 5.41 Å². The molecular formula is C7H10F3N. The molecule has 11 heavy (non-hydrogen) atoms. The highest BCUT2D eigenvalue weighted by Gasteiger charge is 2.29. The molecule has 0 aromatic heterocycles. The van der Waals surface area contributed by atoms with E-state index in [1.165, 1.54) is 0 Å². The fourth-order valence-corrected chi connectivity index (χ4v) is 0.445. The van der Waals surface area contributed by atoms with E-state index in [1.807, 2.05) is 0 Å². The van der Waals surface area contributed by atoms with Gasteiger partial charge in [-0.15, -0.1) is 0 Å². The van der Waals surface area contributed by atoms with Crippen LogP contribution < -0.4 is 0 Å². The molecule has 0 amide bonds. The van der Waals surface area contributed by atoms with E-state index in [9.17, 15) is 13.2 Å². The monoisotopic (exact) mass is 165 g/mol. The molecule has 0 bridgehead atoms. The molecule has 0 spiro atoms. The number of alkyl halides is 3. The van der Waals surface area contributed by atoms with Crippen LogP contribution in [0.5, 0.6) is 0 Å². The number of allylic oxidation sites excluding steroid dienone is 2. The van der Waals surface area contributed by atoms with Gasteiger partial charge in [-0.25, -0.2) is 0 Å². The molecule has 0 radical (unpaired) electrons. The summed E-state index contributed by atoms with van der Waals surface area (Å²) in [7, 11) is 0. The molecule has 0 unspecified atom stereocenters. The summed E-state index contributed by atoms with van der Waals surface area (Å²) in [6, 6.07) is 0. The average Bonchev–Trinajstić information content (AvgIpc) is 1.85. The highest BCUT2D eigenvalue weighted by atomic mass is 19.4. The molecule has 0 aromatic rings. The predicted octanol–water partition coefficient (Wildman–Crippen LogP) is 2.92. The van der Waals surface area contributed by atoms with Crippen LogP contribution in [0, 0.1) is 5.41 Å². The van der Waals surface area contributed by atoms with Crippen molar-refractivity contribution in [2.45, 2.75) is 26.4 Å². The zero-order valence-electron chi connectivity index (χ0n) is 6.42. The van der Waals surface area contributed by atoms with Crippen molar-refractivity contribution in [2.24, 2.45) is 0 Å². The largest absolute Gasteiger partial charge is 0.412 e. The Morgan fingerprint density at radius 3 is 2.18 bits per heavy atom. The number of rotatable bonds is 2. The van der Waals surface area contributed by atoms with Crippen LogP contribution in [0.15, 0.2) is 11.6 Å². The molecule has 0 aromatic carbocycles. The van der Waals surface area contributed by atoms with E-state index < -0.39 is 11.7 Å². The van der Waals surface area contributed by atoms with Gasteiger partial charge in [0.1, 0.15) is 0 Å². The Morgan fingerprint density at radius 1 is 1.45 bits per heavy atom. The Hall–Kier alpha value is -0.800. The normalized spacial score (nSPS) is 13.4. The minimum atomic E-state index is -4.29. The molecule has 0 saturated carbocycles. The van der Waals surface area contributed by atoms with Crippen molar-refractivity contribution in [3.05, 3.63) is 11.6 Å². The third kappa shape index (κ3) is 3.80. The maximum absolute atomic E-state index is 11.8. The Balaban J connectivity index is 4.35. The van der Waals surface area contributed by atoms with Crippen molar-refractivity contribution in [3.8, 4) is 0 Å². The van der Waals surface area contributed by atoms with Crippen molar-refractivity contribution in [1.82, 2.24) is 0 Å². The number of hydrogen-bond acceptors (Lipinski definition) is 1. The van der Waals surface area contributed by atoms with Gasteiger partial charge in [0.05, 0.1) is 0 Å². The van der Waals surface area contributed by atoms with E-state index in [0.717, 1.165) is 13.0 Å². The van der Waals surface area contributed by atoms with Crippen LogP contribution in [-0.2, 0) is 0 Å². The van der Waals surface area contributed by atoms with Crippen LogP contribution >= 0.6 is 0 Å². The molecule has 4 heteroatoms. The second-order valence-corrected chi connectivity index (χ2v) is 2.20. The summed E-state index contributed by atoms with van der Waals surface area (Å²) < 4.78 is 35.3. The van der Waals surface area contributed by atoms with Gasteiger partial charge in [0.25, 0.3) is 0 Å². The molecular weight excluding hydrogens is 155 g/mol. The lowest BCUT2D eigenvalue weighted by molar-refractivity contribution is -0.0912. The highest BCUT2D eigenvalue weighted by Crippen LogP contribution is 2.24. The summed E-state index contributed by atoms with van der Waals surface area (Å²) in [5.74, 6) is 0. The van der Waals surface area contributed by atoms with Gasteiger partial charge in [-0.05, 0) is 19.4 Å². The zero-order valence-corrected chi connectivity index (χ0v) is 6.42. The van der Waals surface area contributed by atoms with Gasteiger partial charge >= 0.3 is 6.18 Å². The van der Waals surface area contributed by atoms with E-state index >= 15 is 0 Å². The van der Waals surface area contributed by atoms with Gasteiger partial charge in [-0.3, -0.25) is 0 Å². The lowest BCUT2D eigenvalue weighted by Crippen LogP contribution is -2.10. The number of hydrogen-bond donors (Lipinski definition) is 1. The van der Waals surface area contributed by atoms with Gasteiger partial charge in [0.15, 0.2) is 0 Å². The first-order valence-corrected chi connectivity index (χ1v) is 3.20. The van der Waals surface area contributed by atoms with Gasteiger partial charge in [0.2, 0.25) is 0 Å². The van der Waals surface area contributed by atoms with Crippen molar-refractivity contribution >= 4 is 5.71 Å². The Kier molecular flexibility index (Phi) is 3.29. The molecule has 0 aliphatic heterocycles. The molecule has 0 rings (SSSR count). The lowest BCUT2D eigenvalue weighted by atomic mass is 10.2. The third-order valence-corrected chi connectivity index (χ3v) is 1.22. The first kappa shape index (κ1) is 10.2. The van der Waals surface area contributed by atoms with Gasteiger partial charge in [0, 0.05) is 11.3 Å². The first-order valence-electron chi connectivity index (χ1n) is 3.20. The van der Waals surface area contributed by atoms with Crippen LogP contribution in [0.1, 0.15) is 20.3 Å². The van der Waals surface area contributed by atoms with E-state index in [-0.39, 0.29) is 5.71 Å². The van der Waals surface area contributed by atoms with E-state index in [1.54, 1.807) is 6.92 Å². The molecule has 0 saturated heterocycles. The van der Waals surface area contributed by atoms with Crippen molar-refractivity contribution in [1.29, 1.82) is 5.41 Å². The Morgan fingerprint density at radius 2 is 1.91 bits per heavy atom. The second kappa shape index (κ2) is 3.55. The smallest absolute Gasteiger partial charge is 0.305 e. The van der Waals surface area contributed by atoms with Gasteiger partial charge in [-0.1, -0.05) is 6.92 Å². The van der Waals surface area contributed by atoms with E-state index in [4.69, 9.17) is 5.41 Å².